The Morgan fingerprint density at radius 2 is 1.71 bits per heavy atom. The summed E-state index contributed by atoms with van der Waals surface area (Å²) in [6.45, 7) is 7.33. The fourth-order valence-electron chi connectivity index (χ4n) is 3.29. The molecule has 2 aromatic heterocycles. The normalized spacial score (nSPS) is 10.8. The zero-order chi connectivity index (χ0) is 27.0. The molecule has 0 bridgehead atoms. The van der Waals surface area contributed by atoms with Gasteiger partial charge in [-0.3, -0.25) is 9.78 Å². The van der Waals surface area contributed by atoms with E-state index in [1.807, 2.05) is 38.1 Å². The lowest BCUT2D eigenvalue weighted by Crippen LogP contribution is -2.27. The van der Waals surface area contributed by atoms with Crippen LogP contribution in [0.5, 0.6) is 0 Å². The number of aromatic nitrogens is 4. The molecule has 0 spiro atoms. The molecule has 2 heterocycles. The number of nitrogens with zero attached hydrogens (tertiary/aromatic N) is 4. The standard InChI is InChI=1S/C26H37N9O3/c1-19(2)31-25-33-24(30-12-9-21-7-3-4-11-28-21)34-26(35-25)32-22-8-5-6-20(18-22)23(36)29-13-15-38-17-16-37-14-10-27/h3-8,11,18-19H,9-10,12-17,27H2,1-2H3,(H,29,36)(H3,30,31,32,33,34,35). The number of hydrogen-bond donors (Lipinski definition) is 5. The number of anilines is 4. The second kappa shape index (κ2) is 16.1. The van der Waals surface area contributed by atoms with Crippen molar-refractivity contribution >= 4 is 29.4 Å². The lowest BCUT2D eigenvalue weighted by Gasteiger charge is -2.13. The SMILES string of the molecule is CC(C)Nc1nc(NCCc2ccccn2)nc(Nc2cccc(C(=O)NCCOCCOCCN)c2)n1. The molecule has 0 atom stereocenters. The van der Waals surface area contributed by atoms with Crippen LogP contribution in [-0.2, 0) is 15.9 Å². The number of ether oxygens (including phenoxy) is 2. The molecule has 0 aliphatic rings. The summed E-state index contributed by atoms with van der Waals surface area (Å²) in [4.78, 5) is 30.4. The van der Waals surface area contributed by atoms with Gasteiger partial charge in [-0.25, -0.2) is 0 Å². The quantitative estimate of drug-likeness (QED) is 0.165. The fraction of sp³-hybridized carbons (Fsp3) is 0.423. The van der Waals surface area contributed by atoms with Crippen LogP contribution < -0.4 is 27.0 Å². The number of pyridine rings is 1. The molecule has 0 saturated heterocycles. The Kier molecular flexibility index (Phi) is 12.1. The van der Waals surface area contributed by atoms with Crippen LogP contribution in [0, 0.1) is 0 Å². The molecule has 1 amide bonds. The first-order chi connectivity index (χ1) is 18.5. The molecular formula is C26H37N9O3. The molecule has 12 heteroatoms. The van der Waals surface area contributed by atoms with Crippen LogP contribution in [0.3, 0.4) is 0 Å². The summed E-state index contributed by atoms with van der Waals surface area (Å²) in [5.41, 5.74) is 7.52. The van der Waals surface area contributed by atoms with E-state index in [0.717, 1.165) is 12.1 Å². The summed E-state index contributed by atoms with van der Waals surface area (Å²) in [5.74, 6) is 1.03. The van der Waals surface area contributed by atoms with E-state index in [9.17, 15) is 4.79 Å². The molecule has 0 aliphatic carbocycles. The van der Waals surface area contributed by atoms with Gasteiger partial charge in [-0.05, 0) is 44.2 Å². The summed E-state index contributed by atoms with van der Waals surface area (Å²) in [7, 11) is 0. The van der Waals surface area contributed by atoms with Crippen molar-refractivity contribution in [1.29, 1.82) is 0 Å². The van der Waals surface area contributed by atoms with E-state index < -0.39 is 0 Å². The zero-order valence-electron chi connectivity index (χ0n) is 21.9. The van der Waals surface area contributed by atoms with E-state index in [1.54, 1.807) is 24.4 Å². The summed E-state index contributed by atoms with van der Waals surface area (Å²) in [6, 6.07) is 13.1. The van der Waals surface area contributed by atoms with E-state index in [2.05, 4.69) is 41.2 Å². The predicted molar refractivity (Wildman–Crippen MR) is 148 cm³/mol. The highest BCUT2D eigenvalue weighted by Crippen LogP contribution is 2.18. The van der Waals surface area contributed by atoms with Crippen LogP contribution in [0.15, 0.2) is 48.7 Å². The number of nitrogens with two attached hydrogens (primary N) is 1. The third-order valence-electron chi connectivity index (χ3n) is 4.99. The van der Waals surface area contributed by atoms with Crippen LogP contribution in [-0.4, -0.2) is 77.9 Å². The minimum Gasteiger partial charge on any atom is -0.378 e. The first kappa shape index (κ1) is 28.7. The molecule has 38 heavy (non-hydrogen) atoms. The third kappa shape index (κ3) is 10.6. The summed E-state index contributed by atoms with van der Waals surface area (Å²) < 4.78 is 10.7. The maximum absolute atomic E-state index is 12.6. The van der Waals surface area contributed by atoms with Crippen molar-refractivity contribution < 1.29 is 14.3 Å². The van der Waals surface area contributed by atoms with Gasteiger partial charge >= 0.3 is 0 Å². The highest BCUT2D eigenvalue weighted by atomic mass is 16.5. The van der Waals surface area contributed by atoms with Gasteiger partial charge in [-0.2, -0.15) is 15.0 Å². The number of hydrogen-bond acceptors (Lipinski definition) is 11. The molecule has 3 aromatic rings. The molecule has 0 fully saturated rings. The highest BCUT2D eigenvalue weighted by Gasteiger charge is 2.10. The lowest BCUT2D eigenvalue weighted by molar-refractivity contribution is 0.0511. The van der Waals surface area contributed by atoms with Crippen molar-refractivity contribution in [2.75, 3.05) is 62.0 Å². The topological polar surface area (TPSA) is 161 Å². The minimum absolute atomic E-state index is 0.140. The number of carbonyl (C=O) groups is 1. The summed E-state index contributed by atoms with van der Waals surface area (Å²) >= 11 is 0. The maximum Gasteiger partial charge on any atom is 0.251 e. The van der Waals surface area contributed by atoms with Crippen LogP contribution in [0.2, 0.25) is 0 Å². The molecule has 0 unspecified atom stereocenters. The molecule has 12 nitrogen and oxygen atoms in total. The summed E-state index contributed by atoms with van der Waals surface area (Å²) in [6.07, 6.45) is 2.50. The van der Waals surface area contributed by atoms with Gasteiger partial charge in [-0.15, -0.1) is 0 Å². The molecule has 0 radical (unpaired) electrons. The zero-order valence-corrected chi connectivity index (χ0v) is 21.9. The highest BCUT2D eigenvalue weighted by molar-refractivity contribution is 5.95. The van der Waals surface area contributed by atoms with Gasteiger partial charge < -0.3 is 36.5 Å². The van der Waals surface area contributed by atoms with Gasteiger partial charge in [0.25, 0.3) is 5.91 Å². The van der Waals surface area contributed by atoms with Crippen LogP contribution >= 0.6 is 0 Å². The van der Waals surface area contributed by atoms with Crippen molar-refractivity contribution in [2.45, 2.75) is 26.3 Å². The van der Waals surface area contributed by atoms with E-state index in [1.165, 1.54) is 0 Å². The predicted octanol–water partition coefficient (Wildman–Crippen LogP) is 2.21. The van der Waals surface area contributed by atoms with Gasteiger partial charge in [-0.1, -0.05) is 12.1 Å². The van der Waals surface area contributed by atoms with Gasteiger partial charge in [0, 0.05) is 55.2 Å². The largest absolute Gasteiger partial charge is 0.378 e. The molecular weight excluding hydrogens is 486 g/mol. The molecule has 1 aromatic carbocycles. The maximum atomic E-state index is 12.6. The number of amides is 1. The Morgan fingerprint density at radius 3 is 2.47 bits per heavy atom. The molecule has 3 rings (SSSR count). The monoisotopic (exact) mass is 523 g/mol. The number of carbonyl (C=O) groups excluding carboxylic acids is 1. The van der Waals surface area contributed by atoms with Crippen LogP contribution in [0.1, 0.15) is 29.9 Å². The number of benzene rings is 1. The second-order valence-electron chi connectivity index (χ2n) is 8.58. The van der Waals surface area contributed by atoms with E-state index in [-0.39, 0.29) is 11.9 Å². The van der Waals surface area contributed by atoms with Crippen LogP contribution in [0.25, 0.3) is 0 Å². The Balaban J connectivity index is 1.56. The Morgan fingerprint density at radius 1 is 0.921 bits per heavy atom. The first-order valence-corrected chi connectivity index (χ1v) is 12.7. The van der Waals surface area contributed by atoms with Crippen molar-refractivity contribution in [1.82, 2.24) is 25.3 Å². The first-order valence-electron chi connectivity index (χ1n) is 12.7. The Hall–Kier alpha value is -3.87. The Bertz CT molecular complexity index is 1120. The van der Waals surface area contributed by atoms with Gasteiger partial charge in [0.1, 0.15) is 0 Å². The second-order valence-corrected chi connectivity index (χ2v) is 8.58. The van der Waals surface area contributed by atoms with Crippen molar-refractivity contribution in [2.24, 2.45) is 5.73 Å². The lowest BCUT2D eigenvalue weighted by atomic mass is 10.2. The van der Waals surface area contributed by atoms with Crippen molar-refractivity contribution in [3.8, 4) is 0 Å². The van der Waals surface area contributed by atoms with Gasteiger partial charge in [0.2, 0.25) is 17.8 Å². The Labute approximate surface area is 223 Å². The summed E-state index contributed by atoms with van der Waals surface area (Å²) in [5, 5.41) is 12.5. The number of nitrogens with one attached hydrogen (secondary N) is 4. The molecule has 0 saturated carbocycles. The van der Waals surface area contributed by atoms with Crippen molar-refractivity contribution in [3.05, 3.63) is 59.9 Å². The van der Waals surface area contributed by atoms with Crippen LogP contribution in [0.4, 0.5) is 23.5 Å². The average molecular weight is 524 g/mol. The average Bonchev–Trinajstić information content (AvgIpc) is 2.90. The smallest absolute Gasteiger partial charge is 0.251 e. The van der Waals surface area contributed by atoms with Crippen molar-refractivity contribution in [3.63, 3.8) is 0 Å². The minimum atomic E-state index is -0.202. The molecule has 6 N–H and O–H groups in total. The van der Waals surface area contributed by atoms with E-state index >= 15 is 0 Å². The van der Waals surface area contributed by atoms with E-state index in [4.69, 9.17) is 15.2 Å². The number of rotatable bonds is 17. The van der Waals surface area contributed by atoms with Gasteiger partial charge in [0.05, 0.1) is 26.4 Å². The van der Waals surface area contributed by atoms with Gasteiger partial charge in [0.15, 0.2) is 0 Å². The van der Waals surface area contributed by atoms with E-state index in [0.29, 0.717) is 75.2 Å². The third-order valence-corrected chi connectivity index (χ3v) is 4.99. The molecule has 204 valence electrons. The molecule has 0 aliphatic heterocycles. The fourth-order valence-corrected chi connectivity index (χ4v) is 3.29.